The molecule has 158 valence electrons. The summed E-state index contributed by atoms with van der Waals surface area (Å²) in [5.74, 6) is -2.73. The Hall–Kier alpha value is -3.53. The van der Waals surface area contributed by atoms with Crippen molar-refractivity contribution < 1.29 is 23.4 Å². The van der Waals surface area contributed by atoms with Crippen LogP contribution in [-0.2, 0) is 6.54 Å². The molecule has 0 saturated heterocycles. The number of nitrogens with one attached hydrogen (secondary N) is 1. The molecular formula is C20H19F2N3O5. The molecule has 1 aromatic carbocycles. The van der Waals surface area contributed by atoms with Crippen molar-refractivity contribution >= 4 is 11.4 Å². The van der Waals surface area contributed by atoms with E-state index in [2.05, 4.69) is 5.32 Å². The Labute approximate surface area is 169 Å². The molecule has 3 rings (SSSR count). The summed E-state index contributed by atoms with van der Waals surface area (Å²) in [6.45, 7) is 1.06. The fourth-order valence-electron chi connectivity index (χ4n) is 2.99. The van der Waals surface area contributed by atoms with Crippen LogP contribution in [0.1, 0.15) is 28.9 Å². The molecule has 3 aromatic rings. The summed E-state index contributed by atoms with van der Waals surface area (Å²) >= 11 is 0. The first-order valence-electron chi connectivity index (χ1n) is 8.95. The average molecular weight is 419 g/mol. The maximum atomic E-state index is 13.8. The highest BCUT2D eigenvalue weighted by Gasteiger charge is 2.21. The van der Waals surface area contributed by atoms with E-state index in [9.17, 15) is 28.3 Å². The minimum absolute atomic E-state index is 0.0403. The van der Waals surface area contributed by atoms with E-state index in [1.807, 2.05) is 0 Å². The van der Waals surface area contributed by atoms with E-state index in [1.54, 1.807) is 6.92 Å². The van der Waals surface area contributed by atoms with Crippen LogP contribution < -0.4 is 21.0 Å². The quantitative estimate of drug-likeness (QED) is 0.626. The Bertz CT molecular complexity index is 1240. The molecule has 2 heterocycles. The van der Waals surface area contributed by atoms with Crippen molar-refractivity contribution in [3.63, 3.8) is 0 Å². The normalized spacial score (nSPS) is 12.0. The molecule has 0 unspecified atom stereocenters. The topological polar surface area (TPSA) is 102 Å². The molecule has 0 saturated carbocycles. The van der Waals surface area contributed by atoms with Gasteiger partial charge < -0.3 is 24.1 Å². The molecule has 0 spiro atoms. The zero-order valence-electron chi connectivity index (χ0n) is 16.2. The number of benzene rings is 1. The molecule has 0 aliphatic carbocycles. The monoisotopic (exact) mass is 419 g/mol. The molecule has 0 aliphatic rings. The van der Waals surface area contributed by atoms with Gasteiger partial charge in [-0.25, -0.2) is 8.78 Å². The van der Waals surface area contributed by atoms with Gasteiger partial charge in [0.1, 0.15) is 17.2 Å². The number of carbonyl (C=O) groups is 1. The van der Waals surface area contributed by atoms with Gasteiger partial charge >= 0.3 is 0 Å². The van der Waals surface area contributed by atoms with Crippen LogP contribution in [0.2, 0.25) is 0 Å². The minimum Gasteiger partial charge on any atom is -0.491 e. The van der Waals surface area contributed by atoms with E-state index in [1.165, 1.54) is 40.7 Å². The number of aliphatic hydroxyl groups excluding tert-OH is 1. The van der Waals surface area contributed by atoms with Gasteiger partial charge in [0, 0.05) is 36.8 Å². The lowest BCUT2D eigenvalue weighted by atomic mass is 10.2. The Balaban J connectivity index is 2.02. The molecule has 1 atom stereocenters. The molecule has 1 amide bonds. The van der Waals surface area contributed by atoms with Crippen LogP contribution in [0.3, 0.4) is 0 Å². The molecule has 30 heavy (non-hydrogen) atoms. The first-order valence-corrected chi connectivity index (χ1v) is 8.95. The molecule has 0 fully saturated rings. The van der Waals surface area contributed by atoms with Gasteiger partial charge in [-0.2, -0.15) is 0 Å². The number of halogens is 2. The summed E-state index contributed by atoms with van der Waals surface area (Å²) in [7, 11) is 1.19. The second-order valence-corrected chi connectivity index (χ2v) is 6.62. The predicted octanol–water partition coefficient (Wildman–Crippen LogP) is 1.23. The number of pyridine rings is 1. The fourth-order valence-corrected chi connectivity index (χ4v) is 2.99. The number of nitrogens with zero attached hydrogens (tertiary/aromatic N) is 2. The molecule has 0 radical (unpaired) electrons. The highest BCUT2D eigenvalue weighted by Crippen LogP contribution is 2.14. The van der Waals surface area contributed by atoms with Crippen molar-refractivity contribution in [2.24, 2.45) is 0 Å². The van der Waals surface area contributed by atoms with Crippen molar-refractivity contribution in [1.82, 2.24) is 14.3 Å². The standard InChI is InChI=1S/C20H19F2N3O5/c1-11(10-26)25-6-5-24-9-14(17(27)18(30-2)16(24)20(25)29)19(28)23-8-12-3-4-13(21)7-15(12)22/h3-7,9,11,26H,8,10H2,1-2H3,(H,23,28)/t11-/m0/s1. The Morgan fingerprint density at radius 3 is 2.63 bits per heavy atom. The third-order valence-corrected chi connectivity index (χ3v) is 4.66. The maximum Gasteiger partial charge on any atom is 0.279 e. The Morgan fingerprint density at radius 1 is 1.27 bits per heavy atom. The number of hydrogen-bond acceptors (Lipinski definition) is 5. The summed E-state index contributed by atoms with van der Waals surface area (Å²) in [5, 5.41) is 11.7. The first-order chi connectivity index (χ1) is 14.3. The van der Waals surface area contributed by atoms with Crippen LogP contribution in [0.5, 0.6) is 5.75 Å². The SMILES string of the molecule is COc1c(=O)c(C(=O)NCc2ccc(F)cc2F)cn2ccn([C@@H](C)CO)c(=O)c12. The Kier molecular flexibility index (Phi) is 5.97. The molecule has 8 nitrogen and oxygen atoms in total. The van der Waals surface area contributed by atoms with Crippen molar-refractivity contribution in [3.05, 3.63) is 80.1 Å². The van der Waals surface area contributed by atoms with E-state index < -0.39 is 34.6 Å². The summed E-state index contributed by atoms with van der Waals surface area (Å²) in [5.41, 5.74) is -1.77. The number of aliphatic hydroxyl groups is 1. The van der Waals surface area contributed by atoms with Crippen LogP contribution in [0.25, 0.3) is 5.52 Å². The van der Waals surface area contributed by atoms with Gasteiger partial charge in [0.2, 0.25) is 5.43 Å². The van der Waals surface area contributed by atoms with Crippen LogP contribution in [0.4, 0.5) is 8.78 Å². The smallest absolute Gasteiger partial charge is 0.279 e. The van der Waals surface area contributed by atoms with Gasteiger partial charge in [-0.1, -0.05) is 6.07 Å². The third-order valence-electron chi connectivity index (χ3n) is 4.66. The van der Waals surface area contributed by atoms with E-state index in [0.29, 0.717) is 6.07 Å². The molecular weight excluding hydrogens is 400 g/mol. The second-order valence-electron chi connectivity index (χ2n) is 6.62. The lowest BCUT2D eigenvalue weighted by Crippen LogP contribution is -2.32. The number of rotatable bonds is 6. The molecule has 0 bridgehead atoms. The lowest BCUT2D eigenvalue weighted by Gasteiger charge is -2.15. The van der Waals surface area contributed by atoms with Gasteiger partial charge in [-0.15, -0.1) is 0 Å². The van der Waals surface area contributed by atoms with Crippen molar-refractivity contribution in [3.8, 4) is 5.75 Å². The van der Waals surface area contributed by atoms with Gasteiger partial charge in [0.05, 0.1) is 19.8 Å². The largest absolute Gasteiger partial charge is 0.491 e. The minimum atomic E-state index is -0.832. The summed E-state index contributed by atoms with van der Waals surface area (Å²) in [6.07, 6.45) is 4.03. The molecule has 2 N–H and O–H groups in total. The van der Waals surface area contributed by atoms with Gasteiger partial charge in [-0.3, -0.25) is 14.4 Å². The number of ether oxygens (including phenoxy) is 1. The number of carbonyl (C=O) groups excluding carboxylic acids is 1. The summed E-state index contributed by atoms with van der Waals surface area (Å²) in [4.78, 5) is 38.1. The highest BCUT2D eigenvalue weighted by atomic mass is 19.1. The van der Waals surface area contributed by atoms with E-state index in [4.69, 9.17) is 4.74 Å². The number of aromatic nitrogens is 2. The van der Waals surface area contributed by atoms with Crippen LogP contribution in [-0.4, -0.2) is 33.7 Å². The lowest BCUT2D eigenvalue weighted by molar-refractivity contribution is 0.0948. The van der Waals surface area contributed by atoms with E-state index in [-0.39, 0.29) is 35.5 Å². The first kappa shape index (κ1) is 21.2. The van der Waals surface area contributed by atoms with E-state index >= 15 is 0 Å². The number of methoxy groups -OCH3 is 1. The van der Waals surface area contributed by atoms with Gasteiger partial charge in [0.25, 0.3) is 11.5 Å². The van der Waals surface area contributed by atoms with Gasteiger partial charge in [0.15, 0.2) is 11.3 Å². The Morgan fingerprint density at radius 2 is 2.00 bits per heavy atom. The highest BCUT2D eigenvalue weighted by molar-refractivity contribution is 5.94. The van der Waals surface area contributed by atoms with Crippen LogP contribution in [0, 0.1) is 11.6 Å². The third kappa shape index (κ3) is 3.81. The van der Waals surface area contributed by atoms with Crippen molar-refractivity contribution in [2.75, 3.05) is 13.7 Å². The zero-order valence-corrected chi connectivity index (χ0v) is 16.2. The fraction of sp³-hybridized carbons (Fsp3) is 0.250. The molecule has 10 heteroatoms. The predicted molar refractivity (Wildman–Crippen MR) is 104 cm³/mol. The molecule has 0 aliphatic heterocycles. The van der Waals surface area contributed by atoms with E-state index in [0.717, 1.165) is 6.07 Å². The average Bonchev–Trinajstić information content (AvgIpc) is 2.72. The number of hydrogen-bond donors (Lipinski definition) is 2. The maximum absolute atomic E-state index is 13.8. The zero-order chi connectivity index (χ0) is 22.0. The number of amides is 1. The van der Waals surface area contributed by atoms with Gasteiger partial charge in [-0.05, 0) is 13.0 Å². The number of fused-ring (bicyclic) bond motifs is 1. The van der Waals surface area contributed by atoms with Crippen LogP contribution >= 0.6 is 0 Å². The summed E-state index contributed by atoms with van der Waals surface area (Å²) in [6, 6.07) is 2.39. The van der Waals surface area contributed by atoms with Crippen molar-refractivity contribution in [1.29, 1.82) is 0 Å². The summed E-state index contributed by atoms with van der Waals surface area (Å²) < 4.78 is 34.4. The van der Waals surface area contributed by atoms with Crippen molar-refractivity contribution in [2.45, 2.75) is 19.5 Å². The molecule has 2 aromatic heterocycles. The van der Waals surface area contributed by atoms with Crippen LogP contribution in [0.15, 0.2) is 46.4 Å². The second kappa shape index (κ2) is 8.46.